The maximum absolute atomic E-state index is 11.8. The van der Waals surface area contributed by atoms with E-state index in [1.54, 1.807) is 36.0 Å². The summed E-state index contributed by atoms with van der Waals surface area (Å²) in [5.41, 5.74) is 0.452. The topological polar surface area (TPSA) is 66.4 Å². The van der Waals surface area contributed by atoms with E-state index in [2.05, 4.69) is 21.2 Å². The summed E-state index contributed by atoms with van der Waals surface area (Å²) in [6.07, 6.45) is 2.31. The first-order valence-electron chi connectivity index (χ1n) is 5.32. The highest BCUT2D eigenvalue weighted by atomic mass is 79.9. The highest BCUT2D eigenvalue weighted by Crippen LogP contribution is 2.11. The number of benzene rings is 1. The van der Waals surface area contributed by atoms with Crippen LogP contribution in [0.25, 0.3) is 0 Å². The van der Waals surface area contributed by atoms with Crippen LogP contribution in [0.2, 0.25) is 0 Å². The van der Waals surface area contributed by atoms with Gasteiger partial charge in [0.1, 0.15) is 6.04 Å². The number of carboxylic acid groups (broad SMARTS) is 1. The molecule has 1 rings (SSSR count). The molecular weight excluding hydrogens is 318 g/mol. The van der Waals surface area contributed by atoms with Crippen LogP contribution in [0.5, 0.6) is 0 Å². The van der Waals surface area contributed by atoms with Gasteiger partial charge in [0.15, 0.2) is 0 Å². The normalized spacial score (nSPS) is 11.9. The lowest BCUT2D eigenvalue weighted by Crippen LogP contribution is -2.41. The third-order valence-electron chi connectivity index (χ3n) is 2.32. The van der Waals surface area contributed by atoms with Gasteiger partial charge < -0.3 is 10.4 Å². The SMILES string of the molecule is CSCC[C@H](NC(=O)c1ccc(Br)cc1)C(=O)O. The van der Waals surface area contributed by atoms with Crippen LogP contribution in [0.15, 0.2) is 28.7 Å². The molecule has 1 atom stereocenters. The smallest absolute Gasteiger partial charge is 0.326 e. The van der Waals surface area contributed by atoms with Gasteiger partial charge >= 0.3 is 5.97 Å². The van der Waals surface area contributed by atoms with Gasteiger partial charge in [0.05, 0.1) is 0 Å². The zero-order valence-corrected chi connectivity index (χ0v) is 12.3. The summed E-state index contributed by atoms with van der Waals surface area (Å²) in [6.45, 7) is 0. The van der Waals surface area contributed by atoms with Crippen LogP contribution >= 0.6 is 27.7 Å². The number of amides is 1. The van der Waals surface area contributed by atoms with Gasteiger partial charge in [-0.2, -0.15) is 11.8 Å². The van der Waals surface area contributed by atoms with Crippen molar-refractivity contribution < 1.29 is 14.7 Å². The molecule has 1 aromatic carbocycles. The lowest BCUT2D eigenvalue weighted by Gasteiger charge is -2.13. The molecule has 0 aliphatic rings. The van der Waals surface area contributed by atoms with Crippen molar-refractivity contribution in [1.82, 2.24) is 5.32 Å². The summed E-state index contributed by atoms with van der Waals surface area (Å²) in [5.74, 6) is -0.678. The lowest BCUT2D eigenvalue weighted by molar-refractivity contribution is -0.139. The molecule has 1 amide bonds. The maximum Gasteiger partial charge on any atom is 0.326 e. The van der Waals surface area contributed by atoms with Crippen LogP contribution in [0.1, 0.15) is 16.8 Å². The zero-order chi connectivity index (χ0) is 13.5. The van der Waals surface area contributed by atoms with Crippen LogP contribution in [-0.2, 0) is 4.79 Å². The molecule has 0 radical (unpaired) electrons. The molecule has 0 bridgehead atoms. The van der Waals surface area contributed by atoms with E-state index in [1.165, 1.54) is 0 Å². The van der Waals surface area contributed by atoms with E-state index in [-0.39, 0.29) is 5.91 Å². The van der Waals surface area contributed by atoms with E-state index in [4.69, 9.17) is 5.11 Å². The predicted molar refractivity (Wildman–Crippen MR) is 76.0 cm³/mol. The minimum atomic E-state index is -1.01. The number of aliphatic carboxylic acids is 1. The molecule has 0 saturated heterocycles. The minimum Gasteiger partial charge on any atom is -0.480 e. The summed E-state index contributed by atoms with van der Waals surface area (Å²) in [6, 6.07) is 5.94. The summed E-state index contributed by atoms with van der Waals surface area (Å²) in [7, 11) is 0. The molecule has 0 saturated carbocycles. The van der Waals surface area contributed by atoms with Crippen molar-refractivity contribution >= 4 is 39.6 Å². The Balaban J connectivity index is 2.66. The van der Waals surface area contributed by atoms with Gasteiger partial charge in [-0.15, -0.1) is 0 Å². The third kappa shape index (κ3) is 4.70. The molecule has 0 spiro atoms. The van der Waals surface area contributed by atoms with Gasteiger partial charge in [-0.3, -0.25) is 4.79 Å². The third-order valence-corrected chi connectivity index (χ3v) is 3.49. The van der Waals surface area contributed by atoms with Gasteiger partial charge in [-0.25, -0.2) is 4.79 Å². The van der Waals surface area contributed by atoms with E-state index < -0.39 is 12.0 Å². The highest BCUT2D eigenvalue weighted by Gasteiger charge is 2.19. The number of carbonyl (C=O) groups is 2. The summed E-state index contributed by atoms with van der Waals surface area (Å²) >= 11 is 4.83. The number of thioether (sulfide) groups is 1. The Morgan fingerprint density at radius 1 is 1.39 bits per heavy atom. The van der Waals surface area contributed by atoms with Crippen molar-refractivity contribution in [3.63, 3.8) is 0 Å². The standard InChI is InChI=1S/C12H14BrNO3S/c1-18-7-6-10(12(16)17)14-11(15)8-2-4-9(13)5-3-8/h2-5,10H,6-7H2,1H3,(H,14,15)(H,16,17)/t10-/m0/s1. The first-order chi connectivity index (χ1) is 8.54. The average Bonchev–Trinajstić information content (AvgIpc) is 2.34. The fourth-order valence-electron chi connectivity index (χ4n) is 1.34. The monoisotopic (exact) mass is 331 g/mol. The van der Waals surface area contributed by atoms with Crippen LogP contribution in [0, 0.1) is 0 Å². The number of hydrogen-bond acceptors (Lipinski definition) is 3. The second-order valence-corrected chi connectivity index (χ2v) is 5.55. The molecule has 4 nitrogen and oxygen atoms in total. The van der Waals surface area contributed by atoms with E-state index in [1.807, 2.05) is 6.26 Å². The lowest BCUT2D eigenvalue weighted by atomic mass is 10.1. The molecule has 0 aromatic heterocycles. The number of nitrogens with one attached hydrogen (secondary N) is 1. The van der Waals surface area contributed by atoms with Crippen molar-refractivity contribution in [2.75, 3.05) is 12.0 Å². The molecule has 2 N–H and O–H groups in total. The fraction of sp³-hybridized carbons (Fsp3) is 0.333. The quantitative estimate of drug-likeness (QED) is 0.839. The Hall–Kier alpha value is -1.01. The second-order valence-electron chi connectivity index (χ2n) is 3.65. The van der Waals surface area contributed by atoms with Gasteiger partial charge in [0.25, 0.3) is 5.91 Å². The van der Waals surface area contributed by atoms with Gasteiger partial charge in [-0.05, 0) is 42.7 Å². The Labute approximate surface area is 118 Å². The maximum atomic E-state index is 11.8. The molecule has 0 heterocycles. The number of carboxylic acids is 1. The summed E-state index contributed by atoms with van der Waals surface area (Å²) < 4.78 is 0.871. The molecule has 0 aliphatic carbocycles. The van der Waals surface area contributed by atoms with Crippen LogP contribution in [0.4, 0.5) is 0 Å². The minimum absolute atomic E-state index is 0.365. The summed E-state index contributed by atoms with van der Waals surface area (Å²) in [4.78, 5) is 22.8. The van der Waals surface area contributed by atoms with E-state index in [9.17, 15) is 9.59 Å². The molecule has 0 aliphatic heterocycles. The Morgan fingerprint density at radius 3 is 2.50 bits per heavy atom. The van der Waals surface area contributed by atoms with E-state index in [0.717, 1.165) is 4.47 Å². The zero-order valence-electron chi connectivity index (χ0n) is 9.85. The van der Waals surface area contributed by atoms with Crippen LogP contribution in [-0.4, -0.2) is 35.0 Å². The molecule has 18 heavy (non-hydrogen) atoms. The van der Waals surface area contributed by atoms with Gasteiger partial charge in [0, 0.05) is 10.0 Å². The summed E-state index contributed by atoms with van der Waals surface area (Å²) in [5, 5.41) is 11.5. The molecule has 98 valence electrons. The Morgan fingerprint density at radius 2 is 2.00 bits per heavy atom. The van der Waals surface area contributed by atoms with Gasteiger partial charge in [0.2, 0.25) is 0 Å². The number of rotatable bonds is 6. The number of carbonyl (C=O) groups excluding carboxylic acids is 1. The first-order valence-corrected chi connectivity index (χ1v) is 7.51. The number of hydrogen-bond donors (Lipinski definition) is 2. The van der Waals surface area contributed by atoms with Crippen LogP contribution in [0.3, 0.4) is 0 Å². The predicted octanol–water partition coefficient (Wildman–Crippen LogP) is 2.39. The molecule has 0 fully saturated rings. The second kappa shape index (κ2) is 7.43. The van der Waals surface area contributed by atoms with Crippen molar-refractivity contribution in [2.45, 2.75) is 12.5 Å². The Kier molecular flexibility index (Phi) is 6.21. The first kappa shape index (κ1) is 15.0. The van der Waals surface area contributed by atoms with E-state index >= 15 is 0 Å². The van der Waals surface area contributed by atoms with Crippen molar-refractivity contribution in [1.29, 1.82) is 0 Å². The molecule has 0 unspecified atom stereocenters. The van der Waals surface area contributed by atoms with Crippen molar-refractivity contribution in [3.8, 4) is 0 Å². The van der Waals surface area contributed by atoms with E-state index in [0.29, 0.717) is 17.7 Å². The Bertz CT molecular complexity index is 422. The molecule has 6 heteroatoms. The average molecular weight is 332 g/mol. The largest absolute Gasteiger partial charge is 0.480 e. The highest BCUT2D eigenvalue weighted by molar-refractivity contribution is 9.10. The molecular formula is C12H14BrNO3S. The van der Waals surface area contributed by atoms with Crippen molar-refractivity contribution in [2.24, 2.45) is 0 Å². The van der Waals surface area contributed by atoms with Gasteiger partial charge in [-0.1, -0.05) is 15.9 Å². The fourth-order valence-corrected chi connectivity index (χ4v) is 2.07. The van der Waals surface area contributed by atoms with Crippen LogP contribution < -0.4 is 5.32 Å². The number of halogens is 1. The van der Waals surface area contributed by atoms with Crippen molar-refractivity contribution in [3.05, 3.63) is 34.3 Å². The molecule has 1 aromatic rings.